The van der Waals surface area contributed by atoms with Crippen LogP contribution in [0.5, 0.6) is 0 Å². The number of aromatic nitrogens is 3. The molecule has 2 saturated carbocycles. The van der Waals surface area contributed by atoms with Crippen molar-refractivity contribution < 1.29 is 9.59 Å². The van der Waals surface area contributed by atoms with E-state index >= 15 is 0 Å². The summed E-state index contributed by atoms with van der Waals surface area (Å²) in [5, 5.41) is 6.15. The maximum atomic E-state index is 12.7. The Morgan fingerprint density at radius 3 is 2.45 bits per heavy atom. The summed E-state index contributed by atoms with van der Waals surface area (Å²) < 4.78 is 0. The molecule has 0 bridgehead atoms. The first kappa shape index (κ1) is 19.5. The van der Waals surface area contributed by atoms with Crippen molar-refractivity contribution in [3.8, 4) is 0 Å². The van der Waals surface area contributed by atoms with Gasteiger partial charge in [0.1, 0.15) is 12.1 Å². The van der Waals surface area contributed by atoms with Crippen LogP contribution in [-0.2, 0) is 11.2 Å². The van der Waals surface area contributed by atoms with Gasteiger partial charge in [0, 0.05) is 30.0 Å². The van der Waals surface area contributed by atoms with Gasteiger partial charge in [-0.1, -0.05) is 25.3 Å². The molecule has 0 radical (unpaired) electrons. The molecule has 0 saturated heterocycles. The third-order valence-electron chi connectivity index (χ3n) is 5.93. The SMILES string of the molecule is O=C(NC1(CCc2ccc(NC(=O)C3CC3)nc2)CCCCC1)c1cncnc1. The third-order valence-corrected chi connectivity index (χ3v) is 5.93. The number of pyridine rings is 1. The van der Waals surface area contributed by atoms with Crippen molar-refractivity contribution in [3.05, 3.63) is 48.2 Å². The lowest BCUT2D eigenvalue weighted by Crippen LogP contribution is -2.50. The predicted octanol–water partition coefficient (Wildman–Crippen LogP) is 3.29. The Morgan fingerprint density at radius 1 is 1.03 bits per heavy atom. The van der Waals surface area contributed by atoms with E-state index in [4.69, 9.17) is 0 Å². The van der Waals surface area contributed by atoms with Crippen molar-refractivity contribution in [3.63, 3.8) is 0 Å². The van der Waals surface area contributed by atoms with Crippen molar-refractivity contribution in [2.24, 2.45) is 5.92 Å². The average Bonchev–Trinajstić information content (AvgIpc) is 3.60. The second-order valence-corrected chi connectivity index (χ2v) is 8.24. The average molecular weight is 393 g/mol. The molecule has 2 aliphatic rings. The molecule has 2 fully saturated rings. The zero-order valence-corrected chi connectivity index (χ0v) is 16.6. The summed E-state index contributed by atoms with van der Waals surface area (Å²) in [5.41, 5.74) is 1.40. The molecule has 7 heteroatoms. The monoisotopic (exact) mass is 393 g/mol. The quantitative estimate of drug-likeness (QED) is 0.752. The first-order valence-electron chi connectivity index (χ1n) is 10.5. The van der Waals surface area contributed by atoms with Crippen LogP contribution in [0.3, 0.4) is 0 Å². The number of nitrogens with zero attached hydrogens (tertiary/aromatic N) is 3. The zero-order chi connectivity index (χ0) is 20.1. The van der Waals surface area contributed by atoms with E-state index in [2.05, 4.69) is 25.6 Å². The number of carbonyl (C=O) groups is 2. The third kappa shape index (κ3) is 5.16. The standard InChI is InChI=1S/C22H27N5O2/c28-20(17-5-6-17)26-19-7-4-16(12-25-19)8-11-22(9-2-1-3-10-22)27-21(29)18-13-23-15-24-14-18/h4,7,12-15,17H,1-3,5-6,8-11H2,(H,27,29)(H,25,26,28). The van der Waals surface area contributed by atoms with Gasteiger partial charge in [-0.2, -0.15) is 0 Å². The van der Waals surface area contributed by atoms with E-state index in [1.165, 1.54) is 12.7 Å². The van der Waals surface area contributed by atoms with Crippen LogP contribution < -0.4 is 10.6 Å². The molecule has 152 valence electrons. The van der Waals surface area contributed by atoms with E-state index in [0.29, 0.717) is 11.4 Å². The minimum Gasteiger partial charge on any atom is -0.346 e. The Labute approximate surface area is 170 Å². The summed E-state index contributed by atoms with van der Waals surface area (Å²) in [6, 6.07) is 3.88. The number of anilines is 1. The molecule has 4 rings (SSSR count). The Morgan fingerprint density at radius 2 is 1.79 bits per heavy atom. The van der Waals surface area contributed by atoms with Crippen LogP contribution in [0, 0.1) is 5.92 Å². The normalized spacial score (nSPS) is 18.1. The van der Waals surface area contributed by atoms with Crippen LogP contribution in [0.4, 0.5) is 5.82 Å². The lowest BCUT2D eigenvalue weighted by atomic mass is 9.77. The molecule has 2 amide bonds. The van der Waals surface area contributed by atoms with Crippen LogP contribution in [0.25, 0.3) is 0 Å². The molecule has 0 unspecified atom stereocenters. The van der Waals surface area contributed by atoms with Crippen molar-refractivity contribution >= 4 is 17.6 Å². The van der Waals surface area contributed by atoms with Gasteiger partial charge < -0.3 is 10.6 Å². The number of rotatable bonds is 7. The van der Waals surface area contributed by atoms with Gasteiger partial charge in [0.05, 0.1) is 5.56 Å². The van der Waals surface area contributed by atoms with Crippen molar-refractivity contribution in [2.75, 3.05) is 5.32 Å². The van der Waals surface area contributed by atoms with E-state index in [1.54, 1.807) is 12.4 Å². The molecule has 2 N–H and O–H groups in total. The van der Waals surface area contributed by atoms with E-state index in [1.807, 2.05) is 18.3 Å². The molecule has 0 aliphatic heterocycles. The fourth-order valence-electron chi connectivity index (χ4n) is 4.00. The summed E-state index contributed by atoms with van der Waals surface area (Å²) in [7, 11) is 0. The molecular formula is C22H27N5O2. The van der Waals surface area contributed by atoms with Crippen LogP contribution in [0.1, 0.15) is 67.3 Å². The summed E-state index contributed by atoms with van der Waals surface area (Å²) in [4.78, 5) is 36.8. The highest BCUT2D eigenvalue weighted by Gasteiger charge is 2.33. The lowest BCUT2D eigenvalue weighted by Gasteiger charge is -2.38. The molecule has 2 aliphatic carbocycles. The van der Waals surface area contributed by atoms with Gasteiger partial charge in [-0.15, -0.1) is 0 Å². The second kappa shape index (κ2) is 8.68. The number of aryl methyl sites for hydroxylation is 1. The maximum absolute atomic E-state index is 12.7. The van der Waals surface area contributed by atoms with Crippen molar-refractivity contribution in [1.29, 1.82) is 0 Å². The molecule has 2 aromatic heterocycles. The summed E-state index contributed by atoms with van der Waals surface area (Å²) in [6.07, 6.45) is 15.4. The largest absolute Gasteiger partial charge is 0.346 e. The Hall–Kier alpha value is -2.83. The van der Waals surface area contributed by atoms with Gasteiger partial charge in [-0.05, 0) is 50.2 Å². The smallest absolute Gasteiger partial charge is 0.254 e. The predicted molar refractivity (Wildman–Crippen MR) is 109 cm³/mol. The summed E-state index contributed by atoms with van der Waals surface area (Å²) in [5.74, 6) is 0.736. The molecule has 29 heavy (non-hydrogen) atoms. The van der Waals surface area contributed by atoms with Crippen LogP contribution in [0.15, 0.2) is 37.1 Å². The number of carbonyl (C=O) groups excluding carboxylic acids is 2. The minimum atomic E-state index is -0.204. The Bertz CT molecular complexity index is 843. The highest BCUT2D eigenvalue weighted by Crippen LogP contribution is 2.33. The van der Waals surface area contributed by atoms with E-state index < -0.39 is 0 Å². The number of hydrogen-bond donors (Lipinski definition) is 2. The summed E-state index contributed by atoms with van der Waals surface area (Å²) >= 11 is 0. The first-order valence-corrected chi connectivity index (χ1v) is 10.5. The topological polar surface area (TPSA) is 96.9 Å². The Balaban J connectivity index is 1.37. The zero-order valence-electron chi connectivity index (χ0n) is 16.6. The number of hydrogen-bond acceptors (Lipinski definition) is 5. The van der Waals surface area contributed by atoms with Gasteiger partial charge in [-0.3, -0.25) is 9.59 Å². The van der Waals surface area contributed by atoms with Crippen LogP contribution in [-0.4, -0.2) is 32.3 Å². The maximum Gasteiger partial charge on any atom is 0.254 e. The van der Waals surface area contributed by atoms with E-state index in [-0.39, 0.29) is 23.3 Å². The number of nitrogens with one attached hydrogen (secondary N) is 2. The molecule has 0 atom stereocenters. The van der Waals surface area contributed by atoms with E-state index in [0.717, 1.165) is 56.9 Å². The minimum absolute atomic E-state index is 0.0685. The number of amides is 2. The van der Waals surface area contributed by atoms with Gasteiger partial charge in [0.15, 0.2) is 0 Å². The van der Waals surface area contributed by atoms with Crippen molar-refractivity contribution in [1.82, 2.24) is 20.3 Å². The first-order chi connectivity index (χ1) is 14.1. The van der Waals surface area contributed by atoms with Gasteiger partial charge in [0.2, 0.25) is 5.91 Å². The van der Waals surface area contributed by atoms with Gasteiger partial charge in [0.25, 0.3) is 5.91 Å². The fraction of sp³-hybridized carbons (Fsp3) is 0.500. The van der Waals surface area contributed by atoms with Gasteiger partial charge >= 0.3 is 0 Å². The second-order valence-electron chi connectivity index (χ2n) is 8.24. The lowest BCUT2D eigenvalue weighted by molar-refractivity contribution is -0.117. The molecule has 7 nitrogen and oxygen atoms in total. The highest BCUT2D eigenvalue weighted by molar-refractivity contribution is 5.94. The molecule has 0 aromatic carbocycles. The molecule has 2 heterocycles. The Kier molecular flexibility index (Phi) is 5.83. The molecular weight excluding hydrogens is 366 g/mol. The van der Waals surface area contributed by atoms with Crippen LogP contribution in [0.2, 0.25) is 0 Å². The van der Waals surface area contributed by atoms with Crippen LogP contribution >= 0.6 is 0 Å². The van der Waals surface area contributed by atoms with E-state index in [9.17, 15) is 9.59 Å². The summed E-state index contributed by atoms with van der Waals surface area (Å²) in [6.45, 7) is 0. The highest BCUT2D eigenvalue weighted by atomic mass is 16.2. The van der Waals surface area contributed by atoms with Gasteiger partial charge in [-0.25, -0.2) is 15.0 Å². The fourth-order valence-corrected chi connectivity index (χ4v) is 4.00. The molecule has 0 spiro atoms. The molecule has 2 aromatic rings. The van der Waals surface area contributed by atoms with Crippen molar-refractivity contribution in [2.45, 2.75) is 63.3 Å².